The standard InChI is InChI=1S/C26H26FN3O3S/c1-3-21-23(25(32)33-2)24(19-11-7-8-12-20(19)27)30-18(16-34-26(30)29-21)15-22(31)28-14-13-17-9-5-4-6-10-17/h4-12,16,24H,3,13-15H2,1-2H3,(H,28,31)/t24-/m0/s1. The van der Waals surface area contributed by atoms with Gasteiger partial charge in [0.1, 0.15) is 5.82 Å². The zero-order chi connectivity index (χ0) is 24.1. The second-order valence-corrected chi connectivity index (χ2v) is 8.72. The van der Waals surface area contributed by atoms with E-state index in [4.69, 9.17) is 4.74 Å². The molecule has 34 heavy (non-hydrogen) atoms. The van der Waals surface area contributed by atoms with Crippen LogP contribution in [0.3, 0.4) is 0 Å². The molecule has 1 atom stereocenters. The lowest BCUT2D eigenvalue weighted by Crippen LogP contribution is -2.38. The van der Waals surface area contributed by atoms with Gasteiger partial charge in [0, 0.05) is 17.8 Å². The summed E-state index contributed by atoms with van der Waals surface area (Å²) in [7, 11) is 1.30. The number of nitrogens with zero attached hydrogens (tertiary/aromatic N) is 2. The molecule has 2 aromatic rings. The third kappa shape index (κ3) is 4.92. The molecule has 0 saturated heterocycles. The smallest absolute Gasteiger partial charge is 0.338 e. The third-order valence-electron chi connectivity index (χ3n) is 5.75. The van der Waals surface area contributed by atoms with Crippen LogP contribution in [-0.2, 0) is 20.7 Å². The number of ether oxygens (including phenoxy) is 1. The first-order valence-corrected chi connectivity index (χ1v) is 12.0. The fourth-order valence-electron chi connectivity index (χ4n) is 4.12. The quantitative estimate of drug-likeness (QED) is 0.555. The van der Waals surface area contributed by atoms with Crippen molar-refractivity contribution in [2.24, 2.45) is 4.99 Å². The largest absolute Gasteiger partial charge is 0.466 e. The average molecular weight is 480 g/mol. The van der Waals surface area contributed by atoms with E-state index >= 15 is 0 Å². The van der Waals surface area contributed by atoms with Gasteiger partial charge < -0.3 is 15.0 Å². The van der Waals surface area contributed by atoms with Crippen molar-refractivity contribution in [2.45, 2.75) is 32.2 Å². The molecule has 0 aromatic heterocycles. The number of allylic oxidation sites excluding steroid dienone is 1. The minimum absolute atomic E-state index is 0.0850. The Labute approximate surface area is 202 Å². The molecule has 176 valence electrons. The highest BCUT2D eigenvalue weighted by molar-refractivity contribution is 8.16. The molecule has 2 heterocycles. The van der Waals surface area contributed by atoms with Crippen molar-refractivity contribution in [3.63, 3.8) is 0 Å². The molecule has 0 radical (unpaired) electrons. The number of rotatable bonds is 8. The molecular formula is C26H26FN3O3S. The number of esters is 1. The van der Waals surface area contributed by atoms with Crippen LogP contribution in [0, 0.1) is 5.82 Å². The summed E-state index contributed by atoms with van der Waals surface area (Å²) >= 11 is 1.37. The molecule has 0 fully saturated rings. The van der Waals surface area contributed by atoms with Crippen molar-refractivity contribution < 1.29 is 18.7 Å². The predicted octanol–water partition coefficient (Wildman–Crippen LogP) is 4.71. The molecule has 0 spiro atoms. The lowest BCUT2D eigenvalue weighted by Gasteiger charge is -2.36. The maximum Gasteiger partial charge on any atom is 0.338 e. The molecule has 1 N–H and O–H groups in total. The second-order valence-electron chi connectivity index (χ2n) is 7.88. The maximum absolute atomic E-state index is 15.0. The van der Waals surface area contributed by atoms with Gasteiger partial charge in [-0.25, -0.2) is 14.2 Å². The van der Waals surface area contributed by atoms with Crippen LogP contribution < -0.4 is 5.32 Å². The number of aliphatic imine (C=N–C) groups is 1. The number of thioether (sulfide) groups is 1. The van der Waals surface area contributed by atoms with E-state index in [0.717, 1.165) is 12.0 Å². The molecule has 6 nitrogen and oxygen atoms in total. The highest BCUT2D eigenvalue weighted by atomic mass is 32.2. The van der Waals surface area contributed by atoms with Crippen molar-refractivity contribution >= 4 is 28.8 Å². The predicted molar refractivity (Wildman–Crippen MR) is 131 cm³/mol. The molecule has 2 aliphatic heterocycles. The molecule has 1 amide bonds. The van der Waals surface area contributed by atoms with Crippen molar-refractivity contribution in [1.29, 1.82) is 0 Å². The van der Waals surface area contributed by atoms with Gasteiger partial charge in [0.15, 0.2) is 5.17 Å². The van der Waals surface area contributed by atoms with Crippen LogP contribution in [0.4, 0.5) is 4.39 Å². The van der Waals surface area contributed by atoms with E-state index in [2.05, 4.69) is 10.3 Å². The van der Waals surface area contributed by atoms with Gasteiger partial charge in [-0.2, -0.15) is 0 Å². The highest BCUT2D eigenvalue weighted by Gasteiger charge is 2.42. The van der Waals surface area contributed by atoms with Gasteiger partial charge in [0.25, 0.3) is 0 Å². The lowest BCUT2D eigenvalue weighted by atomic mass is 9.92. The van der Waals surface area contributed by atoms with Crippen LogP contribution in [0.2, 0.25) is 0 Å². The van der Waals surface area contributed by atoms with E-state index in [-0.39, 0.29) is 17.9 Å². The maximum atomic E-state index is 15.0. The summed E-state index contributed by atoms with van der Waals surface area (Å²) in [4.78, 5) is 32.0. The highest BCUT2D eigenvalue weighted by Crippen LogP contribution is 2.45. The number of fused-ring (bicyclic) bond motifs is 1. The van der Waals surface area contributed by atoms with Crippen molar-refractivity contribution in [3.8, 4) is 0 Å². The molecule has 2 aliphatic rings. The number of carbonyl (C=O) groups excluding carboxylic acids is 2. The minimum atomic E-state index is -0.769. The van der Waals surface area contributed by atoms with Crippen LogP contribution in [0.5, 0.6) is 0 Å². The zero-order valence-electron chi connectivity index (χ0n) is 19.1. The van der Waals surface area contributed by atoms with Gasteiger partial charge in [-0.1, -0.05) is 67.2 Å². The Morgan fingerprint density at radius 3 is 2.59 bits per heavy atom. The Kier molecular flexibility index (Phi) is 7.47. The van der Waals surface area contributed by atoms with E-state index in [1.165, 1.54) is 24.9 Å². The summed E-state index contributed by atoms with van der Waals surface area (Å²) in [6.45, 7) is 2.40. The Morgan fingerprint density at radius 2 is 1.88 bits per heavy atom. The van der Waals surface area contributed by atoms with Crippen LogP contribution in [0.1, 0.15) is 36.9 Å². The number of hydrogen-bond acceptors (Lipinski definition) is 6. The number of benzene rings is 2. The molecule has 0 aliphatic carbocycles. The number of methoxy groups -OCH3 is 1. The molecule has 0 saturated carbocycles. The van der Waals surface area contributed by atoms with Gasteiger partial charge in [-0.3, -0.25) is 4.79 Å². The third-order valence-corrected chi connectivity index (χ3v) is 6.64. The molecular weight excluding hydrogens is 453 g/mol. The van der Waals surface area contributed by atoms with E-state index in [1.807, 2.05) is 42.7 Å². The number of amidine groups is 1. The summed E-state index contributed by atoms with van der Waals surface area (Å²) in [5, 5.41) is 5.41. The second kappa shape index (κ2) is 10.7. The topological polar surface area (TPSA) is 71.0 Å². The van der Waals surface area contributed by atoms with E-state index in [1.54, 1.807) is 23.1 Å². The zero-order valence-corrected chi connectivity index (χ0v) is 19.9. The summed E-state index contributed by atoms with van der Waals surface area (Å²) in [5.41, 5.74) is 2.98. The fourth-order valence-corrected chi connectivity index (χ4v) is 5.06. The Morgan fingerprint density at radius 1 is 1.15 bits per heavy atom. The monoisotopic (exact) mass is 479 g/mol. The number of nitrogens with one attached hydrogen (secondary N) is 1. The summed E-state index contributed by atoms with van der Waals surface area (Å²) in [6.07, 6.45) is 1.30. The van der Waals surface area contributed by atoms with Crippen molar-refractivity contribution in [1.82, 2.24) is 10.2 Å². The van der Waals surface area contributed by atoms with Gasteiger partial charge in [-0.05, 0) is 29.9 Å². The fraction of sp³-hybridized carbons (Fsp3) is 0.269. The SMILES string of the molecule is CCC1=C(C(=O)OC)[C@H](c2ccccc2F)N2C(CC(=O)NCCc3ccccc3)=CSC2=N1. The lowest BCUT2D eigenvalue weighted by molar-refractivity contribution is -0.136. The molecule has 4 rings (SSSR count). The first-order chi connectivity index (χ1) is 16.5. The normalized spacial score (nSPS) is 17.1. The Bertz CT molecular complexity index is 1180. The summed E-state index contributed by atoms with van der Waals surface area (Å²) in [5.74, 6) is -1.15. The van der Waals surface area contributed by atoms with Crippen LogP contribution in [0.15, 0.2) is 82.0 Å². The van der Waals surface area contributed by atoms with E-state index in [0.29, 0.717) is 35.1 Å². The number of hydrogen-bond donors (Lipinski definition) is 1. The first kappa shape index (κ1) is 23.8. The van der Waals surface area contributed by atoms with Gasteiger partial charge in [0.2, 0.25) is 5.91 Å². The van der Waals surface area contributed by atoms with Crippen LogP contribution in [0.25, 0.3) is 0 Å². The Balaban J connectivity index is 1.58. The molecule has 8 heteroatoms. The first-order valence-electron chi connectivity index (χ1n) is 11.1. The van der Waals surface area contributed by atoms with Crippen molar-refractivity contribution in [3.05, 3.63) is 93.9 Å². The molecule has 2 aromatic carbocycles. The van der Waals surface area contributed by atoms with Crippen LogP contribution in [-0.4, -0.2) is 35.6 Å². The summed E-state index contributed by atoms with van der Waals surface area (Å²) < 4.78 is 20.0. The minimum Gasteiger partial charge on any atom is -0.466 e. The average Bonchev–Trinajstić information content (AvgIpc) is 3.25. The number of halogens is 1. The Hall–Kier alpha value is -3.39. The van der Waals surface area contributed by atoms with E-state index in [9.17, 15) is 14.0 Å². The summed E-state index contributed by atoms with van der Waals surface area (Å²) in [6, 6.07) is 15.5. The number of carbonyl (C=O) groups is 2. The van der Waals surface area contributed by atoms with Gasteiger partial charge in [-0.15, -0.1) is 0 Å². The van der Waals surface area contributed by atoms with Crippen LogP contribution >= 0.6 is 11.8 Å². The van der Waals surface area contributed by atoms with Crippen molar-refractivity contribution in [2.75, 3.05) is 13.7 Å². The number of amides is 1. The molecule has 0 unspecified atom stereocenters. The van der Waals surface area contributed by atoms with Gasteiger partial charge in [0.05, 0.1) is 30.8 Å². The van der Waals surface area contributed by atoms with Gasteiger partial charge >= 0.3 is 5.97 Å². The molecule has 0 bridgehead atoms. The van der Waals surface area contributed by atoms with E-state index < -0.39 is 17.8 Å².